The number of carboxylic acids is 1. The topological polar surface area (TPSA) is 109 Å². The second-order valence-electron chi connectivity index (χ2n) is 4.40. The molecule has 7 heteroatoms. The van der Waals surface area contributed by atoms with E-state index in [1.54, 1.807) is 30.3 Å². The number of hydrogen-bond donors (Lipinski definition) is 3. The van der Waals surface area contributed by atoms with Gasteiger partial charge in [-0.1, -0.05) is 30.3 Å². The number of carbonyl (C=O) groups is 1. The van der Waals surface area contributed by atoms with E-state index in [9.17, 15) is 18.3 Å². The zero-order valence-corrected chi connectivity index (χ0v) is 11.7. The normalized spacial score (nSPS) is 12.6. The zero-order chi connectivity index (χ0) is 15.5. The molecule has 21 heavy (non-hydrogen) atoms. The van der Waals surface area contributed by atoms with Crippen LogP contribution in [0.1, 0.15) is 11.6 Å². The van der Waals surface area contributed by atoms with Crippen molar-refractivity contribution in [2.45, 2.75) is 10.9 Å². The molecule has 110 valence electrons. The number of hydrogen-bond acceptors (Lipinski definition) is 4. The third-order valence-corrected chi connectivity index (χ3v) is 3.80. The largest absolute Gasteiger partial charge is 0.479 e. The van der Waals surface area contributed by atoms with Gasteiger partial charge in [0, 0.05) is 5.69 Å². The van der Waals surface area contributed by atoms with Gasteiger partial charge in [-0.05, 0) is 29.8 Å². The van der Waals surface area contributed by atoms with Crippen LogP contribution in [0.3, 0.4) is 0 Å². The fourth-order valence-electron chi connectivity index (χ4n) is 1.84. The molecular weight excluding hydrogens is 292 g/mol. The van der Waals surface area contributed by atoms with Gasteiger partial charge in [0.15, 0.2) is 6.04 Å². The molecule has 0 aliphatic rings. The van der Waals surface area contributed by atoms with Crippen molar-refractivity contribution in [3.8, 4) is 0 Å². The molecule has 0 saturated carbocycles. The third kappa shape index (κ3) is 3.80. The molecular formula is C14H14N2O4S. The molecule has 1 atom stereocenters. The summed E-state index contributed by atoms with van der Waals surface area (Å²) in [7, 11) is -3.76. The van der Waals surface area contributed by atoms with E-state index in [4.69, 9.17) is 5.14 Å². The number of benzene rings is 2. The maximum atomic E-state index is 11.4. The Hall–Kier alpha value is -2.38. The van der Waals surface area contributed by atoms with Crippen molar-refractivity contribution < 1.29 is 18.3 Å². The summed E-state index contributed by atoms with van der Waals surface area (Å²) in [6.45, 7) is 0. The maximum absolute atomic E-state index is 11.4. The highest BCUT2D eigenvalue weighted by molar-refractivity contribution is 7.89. The summed E-state index contributed by atoms with van der Waals surface area (Å²) in [4.78, 5) is 11.3. The average molecular weight is 306 g/mol. The Bertz CT molecular complexity index is 727. The number of anilines is 1. The second-order valence-corrected chi connectivity index (χ2v) is 5.96. The molecule has 0 saturated heterocycles. The minimum Gasteiger partial charge on any atom is -0.479 e. The van der Waals surface area contributed by atoms with Crippen molar-refractivity contribution in [2.24, 2.45) is 5.14 Å². The van der Waals surface area contributed by atoms with Crippen LogP contribution in [0.5, 0.6) is 0 Å². The van der Waals surface area contributed by atoms with Gasteiger partial charge >= 0.3 is 5.97 Å². The van der Waals surface area contributed by atoms with E-state index >= 15 is 0 Å². The van der Waals surface area contributed by atoms with E-state index in [1.165, 1.54) is 24.3 Å². The molecule has 0 heterocycles. The van der Waals surface area contributed by atoms with Crippen LogP contribution in [0.15, 0.2) is 59.5 Å². The molecule has 6 nitrogen and oxygen atoms in total. The van der Waals surface area contributed by atoms with Crippen molar-refractivity contribution in [3.63, 3.8) is 0 Å². The number of nitrogens with one attached hydrogen (secondary N) is 1. The molecule has 1 unspecified atom stereocenters. The lowest BCUT2D eigenvalue weighted by atomic mass is 10.1. The first-order chi connectivity index (χ1) is 9.88. The summed E-state index contributed by atoms with van der Waals surface area (Å²) < 4.78 is 22.3. The van der Waals surface area contributed by atoms with Crippen LogP contribution >= 0.6 is 0 Å². The van der Waals surface area contributed by atoms with Gasteiger partial charge < -0.3 is 10.4 Å². The fourth-order valence-corrected chi connectivity index (χ4v) is 2.36. The molecule has 2 rings (SSSR count). The van der Waals surface area contributed by atoms with Crippen molar-refractivity contribution in [1.29, 1.82) is 0 Å². The SMILES string of the molecule is NS(=O)(=O)c1ccc(NC(C(=O)O)c2ccccc2)cc1. The van der Waals surface area contributed by atoms with Crippen LogP contribution in [0.25, 0.3) is 0 Å². The van der Waals surface area contributed by atoms with Crippen molar-refractivity contribution in [1.82, 2.24) is 0 Å². The molecule has 0 aliphatic carbocycles. The Kier molecular flexibility index (Phi) is 4.25. The van der Waals surface area contributed by atoms with Crippen LogP contribution in [-0.2, 0) is 14.8 Å². The molecule has 0 spiro atoms. The van der Waals surface area contributed by atoms with Gasteiger partial charge in [0.2, 0.25) is 10.0 Å². The van der Waals surface area contributed by atoms with Crippen molar-refractivity contribution in [2.75, 3.05) is 5.32 Å². The number of rotatable bonds is 5. The monoisotopic (exact) mass is 306 g/mol. The average Bonchev–Trinajstić information content (AvgIpc) is 2.45. The lowest BCUT2D eigenvalue weighted by Crippen LogP contribution is -2.20. The third-order valence-electron chi connectivity index (χ3n) is 2.87. The number of nitrogens with two attached hydrogens (primary N) is 1. The van der Waals surface area contributed by atoms with E-state index in [0.29, 0.717) is 11.3 Å². The fraction of sp³-hybridized carbons (Fsp3) is 0.0714. The first-order valence-electron chi connectivity index (χ1n) is 6.05. The van der Waals surface area contributed by atoms with E-state index in [0.717, 1.165) is 0 Å². The molecule has 0 amide bonds. The van der Waals surface area contributed by atoms with Crippen LogP contribution in [0, 0.1) is 0 Å². The van der Waals surface area contributed by atoms with Gasteiger partial charge in [0.1, 0.15) is 0 Å². The maximum Gasteiger partial charge on any atom is 0.330 e. The Morgan fingerprint density at radius 2 is 1.62 bits per heavy atom. The molecule has 2 aromatic rings. The van der Waals surface area contributed by atoms with Gasteiger partial charge in [-0.25, -0.2) is 18.4 Å². The Labute approximate surface area is 122 Å². The first-order valence-corrected chi connectivity index (χ1v) is 7.60. The Balaban J connectivity index is 2.24. The summed E-state index contributed by atoms with van der Waals surface area (Å²) >= 11 is 0. The highest BCUT2D eigenvalue weighted by Crippen LogP contribution is 2.21. The van der Waals surface area contributed by atoms with Crippen LogP contribution in [0.2, 0.25) is 0 Å². The van der Waals surface area contributed by atoms with Crippen LogP contribution in [-0.4, -0.2) is 19.5 Å². The van der Waals surface area contributed by atoms with Gasteiger partial charge in [0.25, 0.3) is 0 Å². The summed E-state index contributed by atoms with van der Waals surface area (Å²) in [5, 5.41) is 17.1. The number of sulfonamides is 1. The highest BCUT2D eigenvalue weighted by Gasteiger charge is 2.19. The number of carboxylic acid groups (broad SMARTS) is 1. The Morgan fingerprint density at radius 1 is 1.05 bits per heavy atom. The van der Waals surface area contributed by atoms with Gasteiger partial charge in [-0.3, -0.25) is 0 Å². The van der Waals surface area contributed by atoms with Crippen LogP contribution in [0.4, 0.5) is 5.69 Å². The summed E-state index contributed by atoms with van der Waals surface area (Å²) in [5.74, 6) is -1.03. The molecule has 0 fully saturated rings. The summed E-state index contributed by atoms with van der Waals surface area (Å²) in [6.07, 6.45) is 0. The second kappa shape index (κ2) is 5.94. The first kappa shape index (κ1) is 15.0. The molecule has 2 aromatic carbocycles. The number of primary sulfonamides is 1. The van der Waals surface area contributed by atoms with Crippen molar-refractivity contribution in [3.05, 3.63) is 60.2 Å². The lowest BCUT2D eigenvalue weighted by Gasteiger charge is -2.16. The molecule has 4 N–H and O–H groups in total. The summed E-state index contributed by atoms with van der Waals surface area (Å²) in [6, 6.07) is 13.3. The smallest absolute Gasteiger partial charge is 0.330 e. The Morgan fingerprint density at radius 3 is 2.10 bits per heavy atom. The zero-order valence-electron chi connectivity index (χ0n) is 10.9. The summed E-state index contributed by atoms with van der Waals surface area (Å²) in [5.41, 5.74) is 1.08. The molecule has 0 radical (unpaired) electrons. The standard InChI is InChI=1S/C14H14N2O4S/c15-21(19,20)12-8-6-11(7-9-12)16-13(14(17)18)10-4-2-1-3-5-10/h1-9,13,16H,(H,17,18)(H2,15,19,20). The molecule has 0 aliphatic heterocycles. The van der Waals surface area contributed by atoms with E-state index < -0.39 is 22.0 Å². The van der Waals surface area contributed by atoms with Gasteiger partial charge in [-0.2, -0.15) is 0 Å². The van der Waals surface area contributed by atoms with E-state index in [2.05, 4.69) is 5.32 Å². The van der Waals surface area contributed by atoms with Crippen LogP contribution < -0.4 is 10.5 Å². The molecule has 0 aromatic heterocycles. The lowest BCUT2D eigenvalue weighted by molar-refractivity contribution is -0.138. The molecule has 0 bridgehead atoms. The van der Waals surface area contributed by atoms with Crippen molar-refractivity contribution >= 4 is 21.7 Å². The van der Waals surface area contributed by atoms with Gasteiger partial charge in [-0.15, -0.1) is 0 Å². The predicted molar refractivity (Wildman–Crippen MR) is 78.3 cm³/mol. The quantitative estimate of drug-likeness (QED) is 0.776. The highest BCUT2D eigenvalue weighted by atomic mass is 32.2. The van der Waals surface area contributed by atoms with E-state index in [1.807, 2.05) is 0 Å². The van der Waals surface area contributed by atoms with E-state index in [-0.39, 0.29) is 4.90 Å². The minimum atomic E-state index is -3.76. The predicted octanol–water partition coefficient (Wildman–Crippen LogP) is 1.57. The van der Waals surface area contributed by atoms with Gasteiger partial charge in [0.05, 0.1) is 4.90 Å². The number of aliphatic carboxylic acids is 1. The minimum absolute atomic E-state index is 0.0281.